The van der Waals surface area contributed by atoms with E-state index < -0.39 is 64.4 Å². The number of fused-ring (bicyclic) bond motifs is 3. The van der Waals surface area contributed by atoms with Crippen LogP contribution in [-0.4, -0.2) is 122 Å². The van der Waals surface area contributed by atoms with E-state index in [1.807, 2.05) is 13.8 Å². The Balaban J connectivity index is 0.662. The molecule has 7 aliphatic carbocycles. The molecule has 388 valence electrons. The summed E-state index contributed by atoms with van der Waals surface area (Å²) in [5.74, 6) is -0.0102. The molecule has 3 saturated heterocycles. The number of nitrogens with zero attached hydrogens (tertiary/aromatic N) is 1. The quantitative estimate of drug-likeness (QED) is 0.0631. The van der Waals surface area contributed by atoms with Crippen LogP contribution in [0.3, 0.4) is 0 Å². The van der Waals surface area contributed by atoms with Crippen molar-refractivity contribution >= 4 is 35.6 Å². The van der Waals surface area contributed by atoms with E-state index >= 15 is 0 Å². The van der Waals surface area contributed by atoms with Crippen LogP contribution in [-0.2, 0) is 42.9 Å². The second-order valence-electron chi connectivity index (χ2n) is 24.3. The minimum Gasteiger partial charge on any atom is -0.459 e. The second-order valence-corrected chi connectivity index (χ2v) is 25.6. The Hall–Kier alpha value is -3.27. The molecule has 11 rings (SSSR count). The van der Waals surface area contributed by atoms with Crippen LogP contribution in [0.5, 0.6) is 0 Å². The summed E-state index contributed by atoms with van der Waals surface area (Å²) >= 11 is 1.24. The molecule has 2 spiro atoms. The highest BCUT2D eigenvalue weighted by atomic mass is 32.2. The first kappa shape index (κ1) is 49.9. The summed E-state index contributed by atoms with van der Waals surface area (Å²) in [6, 6.07) is 0. The minimum absolute atomic E-state index is 0.000603. The van der Waals surface area contributed by atoms with Crippen molar-refractivity contribution in [3.63, 3.8) is 0 Å². The molecule has 0 aromatic rings. The summed E-state index contributed by atoms with van der Waals surface area (Å²) in [7, 11) is 0. The van der Waals surface area contributed by atoms with Gasteiger partial charge in [-0.05, 0) is 154 Å². The van der Waals surface area contributed by atoms with Crippen LogP contribution in [0.25, 0.3) is 0 Å². The van der Waals surface area contributed by atoms with Gasteiger partial charge in [0.25, 0.3) is 0 Å². The molecule has 6 saturated carbocycles. The number of carbonyl (C=O) groups is 4. The zero-order valence-corrected chi connectivity index (χ0v) is 43.3. The van der Waals surface area contributed by atoms with Crippen LogP contribution in [0.1, 0.15) is 137 Å². The molecule has 0 bridgehead atoms. The standard InChI is InChI=1S/C57H77NO12S/c1-30(2)48-49(63)51-57(70-51)55(6)24-22-36-37(28-66-53(36)65)40(55)26-44-56(57,69-44)50(48)68-46(61)13-9-25-58-45(60)27-43(52(58)64)71-29-47(62)67-42(35-17-18-35)21-14-31(3)38-19-20-39-34(11-8-23-54(38,39)5)16-15-33-10-7-12-41(59)32(33)4/h14-16,21,30-31,35,38-44,48-52,59,63-64H,4,7-13,17-20,22-29H2,1-3,5-6H3/b21-14+,33-15-,34-16+. The summed E-state index contributed by atoms with van der Waals surface area (Å²) in [4.78, 5) is 54.4. The molecule has 1 amide bonds. The fraction of sp³-hybridized carbons (Fsp3) is 0.754. The van der Waals surface area contributed by atoms with Gasteiger partial charge in [0.05, 0.1) is 29.3 Å². The smallest absolute Gasteiger partial charge is 0.334 e. The number of amides is 1. The van der Waals surface area contributed by atoms with E-state index in [9.17, 15) is 34.5 Å². The van der Waals surface area contributed by atoms with Gasteiger partial charge in [0, 0.05) is 36.3 Å². The van der Waals surface area contributed by atoms with Crippen molar-refractivity contribution in [3.05, 3.63) is 58.7 Å². The van der Waals surface area contributed by atoms with Crippen molar-refractivity contribution in [2.24, 2.45) is 52.3 Å². The number of epoxide rings is 2. The van der Waals surface area contributed by atoms with Gasteiger partial charge in [0.15, 0.2) is 5.60 Å². The molecule has 11 aliphatic rings. The summed E-state index contributed by atoms with van der Waals surface area (Å²) < 4.78 is 31.3. The van der Waals surface area contributed by atoms with Crippen LogP contribution in [0.4, 0.5) is 0 Å². The summed E-state index contributed by atoms with van der Waals surface area (Å²) in [5.41, 5.74) is 3.38. The Kier molecular flexibility index (Phi) is 13.0. The molecule has 14 heteroatoms. The number of allylic oxidation sites excluding steroid dienone is 4. The number of ether oxygens (including phenoxy) is 5. The number of cyclic esters (lactones) is 1. The van der Waals surface area contributed by atoms with Crippen LogP contribution in [0.15, 0.2) is 58.7 Å². The van der Waals surface area contributed by atoms with Gasteiger partial charge in [-0.25, -0.2) is 4.79 Å². The number of aliphatic hydroxyl groups excluding tert-OH is 3. The first-order valence-electron chi connectivity index (χ1n) is 27.3. The zero-order valence-electron chi connectivity index (χ0n) is 42.5. The zero-order chi connectivity index (χ0) is 49.9. The van der Waals surface area contributed by atoms with E-state index in [1.165, 1.54) is 53.5 Å². The molecular formula is C57H77NO12S. The molecule has 0 radical (unpaired) electrons. The predicted molar refractivity (Wildman–Crippen MR) is 265 cm³/mol. The Morgan fingerprint density at radius 3 is 2.52 bits per heavy atom. The molecule has 13 nitrogen and oxygen atoms in total. The minimum atomic E-state index is -1.11. The predicted octanol–water partition coefficient (Wildman–Crippen LogP) is 7.61. The highest BCUT2D eigenvalue weighted by Crippen LogP contribution is 2.79. The molecule has 71 heavy (non-hydrogen) atoms. The third-order valence-corrected chi connectivity index (χ3v) is 21.5. The molecule has 0 aromatic heterocycles. The van der Waals surface area contributed by atoms with Crippen LogP contribution in [0, 0.1) is 52.3 Å². The maximum atomic E-state index is 13.8. The fourth-order valence-corrected chi connectivity index (χ4v) is 17.3. The van der Waals surface area contributed by atoms with Gasteiger partial charge in [-0.1, -0.05) is 65.0 Å². The average Bonchev–Trinajstić information content (AvgIpc) is 4.28. The van der Waals surface area contributed by atoms with Crippen molar-refractivity contribution in [1.29, 1.82) is 0 Å². The number of hydrogen-bond acceptors (Lipinski definition) is 13. The lowest BCUT2D eigenvalue weighted by Gasteiger charge is -2.55. The van der Waals surface area contributed by atoms with E-state index in [2.05, 4.69) is 51.7 Å². The monoisotopic (exact) mass is 1000 g/mol. The van der Waals surface area contributed by atoms with Gasteiger partial charge in [-0.15, -0.1) is 11.8 Å². The molecular weight excluding hydrogens is 923 g/mol. The first-order valence-corrected chi connectivity index (χ1v) is 28.3. The van der Waals surface area contributed by atoms with Crippen molar-refractivity contribution in [3.8, 4) is 0 Å². The normalized spacial score (nSPS) is 44.2. The molecule has 0 aromatic carbocycles. The summed E-state index contributed by atoms with van der Waals surface area (Å²) in [5, 5.41) is 33.1. The van der Waals surface area contributed by atoms with Gasteiger partial charge in [0.1, 0.15) is 36.7 Å². The Bertz CT molecular complexity index is 2340. The maximum absolute atomic E-state index is 13.8. The first-order chi connectivity index (χ1) is 33.9. The van der Waals surface area contributed by atoms with E-state index in [4.69, 9.17) is 23.7 Å². The number of carbonyl (C=O) groups excluding carboxylic acids is 4. The second kappa shape index (κ2) is 18.5. The van der Waals surface area contributed by atoms with E-state index in [0.717, 1.165) is 55.2 Å². The number of hydrogen-bond donors (Lipinski definition) is 3. The van der Waals surface area contributed by atoms with Crippen molar-refractivity contribution < 1.29 is 58.2 Å². The highest BCUT2D eigenvalue weighted by Gasteiger charge is 2.95. The molecule has 4 aliphatic heterocycles. The van der Waals surface area contributed by atoms with Gasteiger partial charge < -0.3 is 43.9 Å². The van der Waals surface area contributed by atoms with Gasteiger partial charge in [-0.3, -0.25) is 14.4 Å². The van der Waals surface area contributed by atoms with E-state index in [0.29, 0.717) is 42.9 Å². The third-order valence-electron chi connectivity index (χ3n) is 20.3. The van der Waals surface area contributed by atoms with Crippen LogP contribution < -0.4 is 0 Å². The summed E-state index contributed by atoms with van der Waals surface area (Å²) in [6.07, 6.45) is 17.8. The lowest BCUT2D eigenvalue weighted by atomic mass is 9.46. The number of rotatable bonds is 15. The topological polar surface area (TPSA) is 185 Å². The van der Waals surface area contributed by atoms with Crippen LogP contribution in [0.2, 0.25) is 0 Å². The van der Waals surface area contributed by atoms with Gasteiger partial charge in [0.2, 0.25) is 5.91 Å². The van der Waals surface area contributed by atoms with Gasteiger partial charge >= 0.3 is 17.9 Å². The van der Waals surface area contributed by atoms with E-state index in [-0.39, 0.29) is 85.5 Å². The molecule has 17 unspecified atom stereocenters. The Labute approximate surface area is 423 Å². The third kappa shape index (κ3) is 8.11. The largest absolute Gasteiger partial charge is 0.459 e. The SMILES string of the molecule is C=C1/C(=C\C=C2/CCCC3(C)C2CCC3C(C)/C=C/C(OC(=O)CSC2CC(=O)N(CCCC(=O)OC3C(C(C)C)C(O)C4OC45C4(C)CCC6=C(COC6=O)C4CC4OC435)C2O)C2CC2)CCCC1O. The maximum Gasteiger partial charge on any atom is 0.334 e. The number of likely N-dealkylation sites (tertiary alicyclic amines) is 1. The van der Waals surface area contributed by atoms with E-state index in [1.54, 1.807) is 0 Å². The van der Waals surface area contributed by atoms with Crippen molar-refractivity contribution in [2.75, 3.05) is 18.9 Å². The molecule has 9 fully saturated rings. The number of esters is 3. The summed E-state index contributed by atoms with van der Waals surface area (Å²) in [6.45, 7) is 15.6. The number of aliphatic hydroxyl groups is 3. The van der Waals surface area contributed by atoms with Crippen LogP contribution >= 0.6 is 11.8 Å². The Morgan fingerprint density at radius 2 is 1.75 bits per heavy atom. The molecule has 3 N–H and O–H groups in total. The average molecular weight is 1000 g/mol. The van der Waals surface area contributed by atoms with Gasteiger partial charge in [-0.2, -0.15) is 0 Å². The Morgan fingerprint density at radius 1 is 0.944 bits per heavy atom. The molecule has 17 atom stereocenters. The van der Waals surface area contributed by atoms with Crippen molar-refractivity contribution in [2.45, 2.75) is 197 Å². The molecule has 4 heterocycles. The fourth-order valence-electron chi connectivity index (χ4n) is 16.3. The highest BCUT2D eigenvalue weighted by molar-refractivity contribution is 8.00. The lowest BCUT2D eigenvalue weighted by molar-refractivity contribution is -0.178. The lowest BCUT2D eigenvalue weighted by Crippen LogP contribution is -2.70. The van der Waals surface area contributed by atoms with Crippen molar-refractivity contribution in [1.82, 2.24) is 4.90 Å². The number of thioether (sulfide) groups is 1.